The van der Waals surface area contributed by atoms with Gasteiger partial charge in [-0.25, -0.2) is 4.98 Å². The monoisotopic (exact) mass is 345 g/mol. The Labute approximate surface area is 144 Å². The number of aromatic nitrogens is 1. The molecule has 0 unspecified atom stereocenters. The van der Waals surface area contributed by atoms with Gasteiger partial charge in [0.1, 0.15) is 5.69 Å². The maximum absolute atomic E-state index is 10.8. The third-order valence-electron chi connectivity index (χ3n) is 4.64. The molecule has 2 aliphatic rings. The molecule has 1 saturated heterocycles. The second-order valence-corrected chi connectivity index (χ2v) is 6.82. The maximum Gasteiger partial charge on any atom is 0.231 e. The molecule has 1 aromatic carbocycles. The van der Waals surface area contributed by atoms with E-state index in [1.54, 1.807) is 0 Å². The molecule has 0 radical (unpaired) electrons. The van der Waals surface area contributed by atoms with Gasteiger partial charge in [0.2, 0.25) is 6.79 Å². The number of nitrogens with zero attached hydrogens (tertiary/aromatic N) is 3. The van der Waals surface area contributed by atoms with Crippen molar-refractivity contribution in [3.05, 3.63) is 34.8 Å². The van der Waals surface area contributed by atoms with Crippen LogP contribution in [0.1, 0.15) is 29.0 Å². The first-order chi connectivity index (χ1) is 11.7. The molecule has 126 valence electrons. The normalized spacial score (nSPS) is 18.6. The van der Waals surface area contributed by atoms with Gasteiger partial charge < -0.3 is 14.4 Å². The minimum atomic E-state index is 0.308. The predicted octanol–water partition coefficient (Wildman–Crippen LogP) is 2.57. The summed E-state index contributed by atoms with van der Waals surface area (Å²) < 4.78 is 10.9. The number of carbonyl (C=O) groups excluding carboxylic acids is 1. The average molecular weight is 345 g/mol. The highest BCUT2D eigenvalue weighted by atomic mass is 32.1. The third kappa shape index (κ3) is 2.85. The van der Waals surface area contributed by atoms with Crippen molar-refractivity contribution in [2.45, 2.75) is 13.0 Å². The van der Waals surface area contributed by atoms with Crippen LogP contribution in [0.25, 0.3) is 0 Å². The summed E-state index contributed by atoms with van der Waals surface area (Å²) in [6.07, 6.45) is 0.804. The van der Waals surface area contributed by atoms with Gasteiger partial charge in [-0.05, 0) is 24.6 Å². The fraction of sp³-hybridized carbons (Fsp3) is 0.412. The summed E-state index contributed by atoms with van der Waals surface area (Å²) in [6, 6.07) is 6.50. The number of anilines is 1. The average Bonchev–Trinajstić information content (AvgIpc) is 3.29. The lowest BCUT2D eigenvalue weighted by molar-refractivity contribution is 0.111. The highest BCUT2D eigenvalue weighted by molar-refractivity contribution is 7.13. The molecule has 0 bridgehead atoms. The van der Waals surface area contributed by atoms with Crippen LogP contribution in [0, 0.1) is 0 Å². The van der Waals surface area contributed by atoms with Crippen LogP contribution in [0.2, 0.25) is 0 Å². The predicted molar refractivity (Wildman–Crippen MR) is 92.3 cm³/mol. The molecule has 3 heterocycles. The smallest absolute Gasteiger partial charge is 0.231 e. The Bertz CT molecular complexity index is 740. The topological polar surface area (TPSA) is 54.9 Å². The molecule has 0 N–H and O–H groups in total. The van der Waals surface area contributed by atoms with Crippen LogP contribution in [0.4, 0.5) is 5.13 Å². The summed E-state index contributed by atoms with van der Waals surface area (Å²) in [5.74, 6) is 1.66. The van der Waals surface area contributed by atoms with E-state index in [2.05, 4.69) is 33.8 Å². The molecular formula is C17H19N3O3S. The Balaban J connectivity index is 1.40. The van der Waals surface area contributed by atoms with Gasteiger partial charge in [0.15, 0.2) is 22.9 Å². The molecule has 1 aromatic heterocycles. The zero-order valence-corrected chi connectivity index (χ0v) is 14.3. The van der Waals surface area contributed by atoms with E-state index in [4.69, 9.17) is 9.47 Å². The summed E-state index contributed by atoms with van der Waals surface area (Å²) in [5, 5.41) is 2.75. The van der Waals surface area contributed by atoms with E-state index in [9.17, 15) is 4.79 Å². The number of fused-ring (bicyclic) bond motifs is 1. The molecule has 24 heavy (non-hydrogen) atoms. The molecule has 1 fully saturated rings. The molecular weight excluding hydrogens is 326 g/mol. The Morgan fingerprint density at radius 3 is 2.75 bits per heavy atom. The summed E-state index contributed by atoms with van der Waals surface area (Å²) in [6.45, 7) is 6.29. The van der Waals surface area contributed by atoms with Crippen molar-refractivity contribution >= 4 is 22.8 Å². The number of benzene rings is 1. The van der Waals surface area contributed by atoms with Crippen molar-refractivity contribution in [2.24, 2.45) is 0 Å². The lowest BCUT2D eigenvalue weighted by Gasteiger charge is -2.38. The molecule has 0 spiro atoms. The number of piperazine rings is 1. The molecule has 6 nitrogen and oxygen atoms in total. The fourth-order valence-corrected chi connectivity index (χ4v) is 3.98. The van der Waals surface area contributed by atoms with Gasteiger partial charge in [-0.1, -0.05) is 6.07 Å². The molecule has 4 rings (SSSR count). The van der Waals surface area contributed by atoms with Gasteiger partial charge in [0.25, 0.3) is 0 Å². The first-order valence-electron chi connectivity index (χ1n) is 8.04. The Morgan fingerprint density at radius 1 is 1.21 bits per heavy atom. The van der Waals surface area contributed by atoms with Crippen molar-refractivity contribution in [1.82, 2.24) is 9.88 Å². The minimum absolute atomic E-state index is 0.308. The second kappa shape index (κ2) is 6.41. The van der Waals surface area contributed by atoms with Crippen LogP contribution in [0.5, 0.6) is 11.5 Å². The van der Waals surface area contributed by atoms with E-state index in [1.807, 2.05) is 11.4 Å². The van der Waals surface area contributed by atoms with Crippen molar-refractivity contribution in [2.75, 3.05) is 37.9 Å². The van der Waals surface area contributed by atoms with E-state index >= 15 is 0 Å². The van der Waals surface area contributed by atoms with Gasteiger partial charge in [-0.15, -0.1) is 11.3 Å². The zero-order valence-electron chi connectivity index (χ0n) is 13.5. The molecule has 0 amide bonds. The lowest BCUT2D eigenvalue weighted by Crippen LogP contribution is -2.47. The van der Waals surface area contributed by atoms with Gasteiger partial charge in [0.05, 0.1) is 0 Å². The fourth-order valence-electron chi connectivity index (χ4n) is 3.16. The largest absolute Gasteiger partial charge is 0.454 e. The van der Waals surface area contributed by atoms with E-state index in [-0.39, 0.29) is 0 Å². The van der Waals surface area contributed by atoms with Crippen LogP contribution in [0.3, 0.4) is 0 Å². The number of aldehydes is 1. The quantitative estimate of drug-likeness (QED) is 0.794. The van der Waals surface area contributed by atoms with E-state index < -0.39 is 0 Å². The molecule has 2 aliphatic heterocycles. The number of thiazole rings is 1. The van der Waals surface area contributed by atoms with E-state index in [1.165, 1.54) is 16.9 Å². The summed E-state index contributed by atoms with van der Waals surface area (Å²) >= 11 is 1.53. The molecule has 0 saturated carbocycles. The van der Waals surface area contributed by atoms with Gasteiger partial charge in [-0.3, -0.25) is 9.69 Å². The Hall–Kier alpha value is -2.12. The first kappa shape index (κ1) is 15.4. The van der Waals surface area contributed by atoms with Gasteiger partial charge in [-0.2, -0.15) is 0 Å². The number of ether oxygens (including phenoxy) is 2. The van der Waals surface area contributed by atoms with E-state index in [0.717, 1.165) is 49.1 Å². The van der Waals surface area contributed by atoms with Crippen LogP contribution in [-0.4, -0.2) is 49.1 Å². The highest BCUT2D eigenvalue weighted by Crippen LogP contribution is 2.35. The van der Waals surface area contributed by atoms with Crippen molar-refractivity contribution in [1.29, 1.82) is 0 Å². The van der Waals surface area contributed by atoms with Crippen LogP contribution in [-0.2, 0) is 0 Å². The summed E-state index contributed by atoms with van der Waals surface area (Å²) in [4.78, 5) is 19.8. The van der Waals surface area contributed by atoms with E-state index in [0.29, 0.717) is 18.5 Å². The highest BCUT2D eigenvalue weighted by Gasteiger charge is 2.25. The number of carbonyl (C=O) groups is 1. The number of hydrogen-bond donors (Lipinski definition) is 0. The van der Waals surface area contributed by atoms with Gasteiger partial charge in [0, 0.05) is 37.6 Å². The molecule has 2 aromatic rings. The Kier molecular flexibility index (Phi) is 4.12. The summed E-state index contributed by atoms with van der Waals surface area (Å²) in [7, 11) is 0. The number of hydrogen-bond acceptors (Lipinski definition) is 7. The lowest BCUT2D eigenvalue weighted by atomic mass is 10.1. The maximum atomic E-state index is 10.8. The first-order valence-corrected chi connectivity index (χ1v) is 8.92. The molecule has 0 aliphatic carbocycles. The summed E-state index contributed by atoms with van der Waals surface area (Å²) in [5.41, 5.74) is 1.76. The Morgan fingerprint density at radius 2 is 2.00 bits per heavy atom. The number of rotatable bonds is 4. The standard InChI is InChI=1S/C17H19N3O3S/c1-12(13-2-3-15-16(8-13)23-11-22-15)19-4-6-20(7-5-19)17-18-14(9-21)10-24-17/h2-3,8-10,12H,4-7,11H2,1H3/t12-/m1/s1. The van der Waals surface area contributed by atoms with Crippen LogP contribution >= 0.6 is 11.3 Å². The zero-order chi connectivity index (χ0) is 16.5. The van der Waals surface area contributed by atoms with Crippen LogP contribution < -0.4 is 14.4 Å². The third-order valence-corrected chi connectivity index (χ3v) is 5.56. The van der Waals surface area contributed by atoms with Crippen molar-refractivity contribution in [3.63, 3.8) is 0 Å². The SMILES string of the molecule is C[C@H](c1ccc2c(c1)OCO2)N1CCN(c2nc(C=O)cs2)CC1. The van der Waals surface area contributed by atoms with Crippen molar-refractivity contribution in [3.8, 4) is 11.5 Å². The minimum Gasteiger partial charge on any atom is -0.454 e. The van der Waals surface area contributed by atoms with Gasteiger partial charge >= 0.3 is 0 Å². The van der Waals surface area contributed by atoms with Crippen LogP contribution in [0.15, 0.2) is 23.6 Å². The molecule has 7 heteroatoms. The molecule has 1 atom stereocenters. The van der Waals surface area contributed by atoms with Crippen molar-refractivity contribution < 1.29 is 14.3 Å². The second-order valence-electron chi connectivity index (χ2n) is 5.98.